The fraction of sp³-hybridized carbons (Fsp3) is 0.679. The molecule has 0 radical (unpaired) electrons. The van der Waals surface area contributed by atoms with Gasteiger partial charge in [0.25, 0.3) is 0 Å². The number of ether oxygens (including phenoxy) is 1. The van der Waals surface area contributed by atoms with Gasteiger partial charge in [-0.05, 0) is 88.0 Å². The van der Waals surface area contributed by atoms with Gasteiger partial charge in [0.05, 0.1) is 36.9 Å². The van der Waals surface area contributed by atoms with Gasteiger partial charge in [0.15, 0.2) is 0 Å². The first-order valence-electron chi connectivity index (χ1n) is 13.6. The van der Waals surface area contributed by atoms with Crippen LogP contribution in [0.1, 0.15) is 76.2 Å². The Morgan fingerprint density at radius 1 is 0.973 bits per heavy atom. The summed E-state index contributed by atoms with van der Waals surface area (Å²) in [5.41, 5.74) is 1.20. The van der Waals surface area contributed by atoms with E-state index in [4.69, 9.17) is 15.2 Å². The summed E-state index contributed by atoms with van der Waals surface area (Å²) in [6.07, 6.45) is 10.2. The fourth-order valence-corrected chi connectivity index (χ4v) is 4.93. The number of hydrogen-bond donors (Lipinski definition) is 5. The van der Waals surface area contributed by atoms with Gasteiger partial charge in [-0.1, -0.05) is 42.5 Å². The number of aryl methyl sites for hydroxylation is 1. The molecule has 210 valence electrons. The molecule has 0 amide bonds. The van der Waals surface area contributed by atoms with Crippen molar-refractivity contribution in [3.05, 3.63) is 48.0 Å². The molecule has 0 unspecified atom stereocenters. The molecule has 0 saturated heterocycles. The highest BCUT2D eigenvalue weighted by molar-refractivity contribution is 5.69. The summed E-state index contributed by atoms with van der Waals surface area (Å²) in [5, 5.41) is 47.8. The molecule has 0 spiro atoms. The lowest BCUT2D eigenvalue weighted by Gasteiger charge is -2.23. The molecular formula is C28H45NO8. The van der Waals surface area contributed by atoms with Gasteiger partial charge < -0.3 is 20.1 Å². The molecule has 2 rings (SSSR count). The number of nitrogens with zero attached hydrogens (tertiary/aromatic N) is 1. The van der Waals surface area contributed by atoms with Crippen LogP contribution in [0.4, 0.5) is 0 Å². The molecule has 9 heteroatoms. The number of aliphatic hydroxyl groups excluding tert-OH is 3. The van der Waals surface area contributed by atoms with Gasteiger partial charge in [-0.3, -0.25) is 20.0 Å². The van der Waals surface area contributed by atoms with E-state index in [1.165, 1.54) is 5.56 Å². The van der Waals surface area contributed by atoms with Gasteiger partial charge in [0.1, 0.15) is 0 Å². The van der Waals surface area contributed by atoms with Crippen molar-refractivity contribution < 1.29 is 40.1 Å². The summed E-state index contributed by atoms with van der Waals surface area (Å²) in [5.74, 6) is -0.290. The molecule has 9 nitrogen and oxygen atoms in total. The predicted molar refractivity (Wildman–Crippen MR) is 137 cm³/mol. The maximum Gasteiger partial charge on any atom is 0.305 e. The molecule has 5 atom stereocenters. The van der Waals surface area contributed by atoms with Crippen molar-refractivity contribution in [1.29, 1.82) is 0 Å². The number of benzene rings is 1. The van der Waals surface area contributed by atoms with E-state index in [0.717, 1.165) is 19.3 Å². The Bertz CT molecular complexity index is 760. The number of allylic oxidation sites excluding steroid dienone is 2. The summed E-state index contributed by atoms with van der Waals surface area (Å²) >= 11 is 0. The molecule has 37 heavy (non-hydrogen) atoms. The smallest absolute Gasteiger partial charge is 0.305 e. The third kappa shape index (κ3) is 13.5. The normalized spacial score (nSPS) is 22.6. The lowest BCUT2D eigenvalue weighted by molar-refractivity contribution is -0.492. The molecule has 0 bridgehead atoms. The minimum Gasteiger partial charge on any atom is -0.466 e. The van der Waals surface area contributed by atoms with Crippen LogP contribution in [-0.4, -0.2) is 68.6 Å². The molecule has 1 aromatic rings. The quantitative estimate of drug-likeness (QED) is 0.0789. The van der Waals surface area contributed by atoms with Crippen LogP contribution in [0, 0.1) is 11.8 Å². The third-order valence-corrected chi connectivity index (χ3v) is 7.05. The number of carbonyl (C=O) groups excluding carboxylic acids is 1. The van der Waals surface area contributed by atoms with Crippen LogP contribution < -0.4 is 0 Å². The second-order valence-corrected chi connectivity index (χ2v) is 9.92. The molecular weight excluding hydrogens is 478 g/mol. The van der Waals surface area contributed by atoms with Crippen LogP contribution in [0.15, 0.2) is 42.5 Å². The van der Waals surface area contributed by atoms with E-state index in [1.807, 2.05) is 30.4 Å². The Morgan fingerprint density at radius 3 is 2.46 bits per heavy atom. The van der Waals surface area contributed by atoms with Gasteiger partial charge in [-0.15, -0.1) is 0 Å². The van der Waals surface area contributed by atoms with Gasteiger partial charge in [-0.25, -0.2) is 0 Å². The van der Waals surface area contributed by atoms with Gasteiger partial charge in [0.2, 0.25) is 0 Å². The number of carbonyl (C=O) groups is 1. The number of unbranched alkanes of at least 4 members (excludes halogenated alkanes) is 3. The minimum absolute atomic E-state index is 0.0271. The molecule has 0 aliphatic heterocycles. The molecule has 1 aromatic carbocycles. The Balaban J connectivity index is 1.57. The standard InChI is InChI=1S/C28H45NO8/c30-23(16-15-22-11-5-3-6-12-22)17-18-25-24(26(31)21-27(25)32)13-7-1-2-8-14-28(33)36-19-9-4-10-20-37-29(34)35/h1,3,5-7,11-12,23-27,30-32,34-35H,2,4,8-10,13-21H2/b7-1-/t23-,24+,25+,26-,27+/m0/s1. The summed E-state index contributed by atoms with van der Waals surface area (Å²) in [4.78, 5) is 16.3. The van der Waals surface area contributed by atoms with Crippen molar-refractivity contribution in [1.82, 2.24) is 5.39 Å². The Labute approximate surface area is 220 Å². The molecule has 1 saturated carbocycles. The van der Waals surface area contributed by atoms with Crippen molar-refractivity contribution in [2.24, 2.45) is 11.8 Å². The highest BCUT2D eigenvalue weighted by Gasteiger charge is 2.40. The first-order valence-corrected chi connectivity index (χ1v) is 13.6. The summed E-state index contributed by atoms with van der Waals surface area (Å²) in [6, 6.07) is 10.1. The van der Waals surface area contributed by atoms with E-state index in [9.17, 15) is 20.1 Å². The van der Waals surface area contributed by atoms with Crippen LogP contribution in [-0.2, 0) is 20.8 Å². The van der Waals surface area contributed by atoms with Crippen molar-refractivity contribution in [3.8, 4) is 0 Å². The largest absolute Gasteiger partial charge is 0.466 e. The highest BCUT2D eigenvalue weighted by atomic mass is 17.1. The maximum absolute atomic E-state index is 11.8. The van der Waals surface area contributed by atoms with E-state index in [2.05, 4.69) is 17.0 Å². The van der Waals surface area contributed by atoms with Crippen LogP contribution in [0.3, 0.4) is 0 Å². The summed E-state index contributed by atoms with van der Waals surface area (Å²) < 4.78 is 5.19. The monoisotopic (exact) mass is 523 g/mol. The number of aliphatic hydroxyl groups is 3. The Hall–Kier alpha value is -1.85. The molecule has 1 fully saturated rings. The lowest BCUT2D eigenvalue weighted by atomic mass is 9.85. The maximum atomic E-state index is 11.8. The van der Waals surface area contributed by atoms with Gasteiger partial charge in [0, 0.05) is 6.42 Å². The predicted octanol–water partition coefficient (Wildman–Crippen LogP) is 3.96. The average Bonchev–Trinajstić information content (AvgIpc) is 3.15. The second kappa shape index (κ2) is 18.4. The zero-order valence-electron chi connectivity index (χ0n) is 21.7. The van der Waals surface area contributed by atoms with E-state index in [1.54, 1.807) is 0 Å². The van der Waals surface area contributed by atoms with Crippen molar-refractivity contribution in [2.75, 3.05) is 13.2 Å². The van der Waals surface area contributed by atoms with E-state index in [0.29, 0.717) is 64.4 Å². The van der Waals surface area contributed by atoms with E-state index in [-0.39, 0.29) is 29.8 Å². The van der Waals surface area contributed by atoms with Crippen LogP contribution >= 0.6 is 0 Å². The van der Waals surface area contributed by atoms with Gasteiger partial charge in [-0.2, -0.15) is 0 Å². The van der Waals surface area contributed by atoms with E-state index < -0.39 is 18.3 Å². The zero-order valence-corrected chi connectivity index (χ0v) is 21.7. The van der Waals surface area contributed by atoms with Crippen molar-refractivity contribution in [3.63, 3.8) is 0 Å². The highest BCUT2D eigenvalue weighted by Crippen LogP contribution is 2.38. The second-order valence-electron chi connectivity index (χ2n) is 9.92. The Kier molecular flexibility index (Phi) is 15.6. The first kappa shape index (κ1) is 31.4. The zero-order chi connectivity index (χ0) is 26.9. The minimum atomic E-state index is -0.545. The number of esters is 1. The van der Waals surface area contributed by atoms with Crippen LogP contribution in [0.25, 0.3) is 0 Å². The summed E-state index contributed by atoms with van der Waals surface area (Å²) in [7, 11) is 0. The van der Waals surface area contributed by atoms with Gasteiger partial charge >= 0.3 is 5.97 Å². The SMILES string of the molecule is O=C(CCC/C=C\C[C@@H]1[C@@H](CC[C@@H](O)CCc2ccccc2)[C@H](O)C[C@@H]1O)OCCCCCON(O)O. The molecule has 1 aliphatic carbocycles. The van der Waals surface area contributed by atoms with Crippen molar-refractivity contribution >= 4 is 5.97 Å². The van der Waals surface area contributed by atoms with Crippen LogP contribution in [0.5, 0.6) is 0 Å². The lowest BCUT2D eigenvalue weighted by Crippen LogP contribution is -2.23. The topological polar surface area (TPSA) is 140 Å². The third-order valence-electron chi connectivity index (χ3n) is 7.05. The van der Waals surface area contributed by atoms with Crippen molar-refractivity contribution in [2.45, 2.75) is 95.4 Å². The number of hydrogen-bond acceptors (Lipinski definition) is 9. The molecule has 0 heterocycles. The first-order chi connectivity index (χ1) is 17.9. The van der Waals surface area contributed by atoms with Crippen LogP contribution in [0.2, 0.25) is 0 Å². The summed E-state index contributed by atoms with van der Waals surface area (Å²) in [6.45, 7) is 0.516. The van der Waals surface area contributed by atoms with E-state index >= 15 is 0 Å². The fourth-order valence-electron chi connectivity index (χ4n) is 4.93. The number of rotatable bonds is 19. The average molecular weight is 524 g/mol. The molecule has 1 aliphatic rings. The molecule has 5 N–H and O–H groups in total. The molecule has 0 aromatic heterocycles. The Morgan fingerprint density at radius 2 is 1.70 bits per heavy atom.